The number of halogens is 1. The molecule has 3 rings (SSSR count). The normalized spacial score (nSPS) is 15.4. The maximum absolute atomic E-state index is 13.8. The Morgan fingerprint density at radius 3 is 2.75 bits per heavy atom. The van der Waals surface area contributed by atoms with Gasteiger partial charge in [0.25, 0.3) is 5.91 Å². The number of methoxy groups -OCH3 is 1. The fourth-order valence-corrected chi connectivity index (χ4v) is 2.57. The number of ether oxygens (including phenoxy) is 1. The van der Waals surface area contributed by atoms with Crippen LogP contribution >= 0.6 is 0 Å². The van der Waals surface area contributed by atoms with Crippen molar-refractivity contribution < 1.29 is 13.9 Å². The molecular weight excluding hydrogens is 307 g/mol. The van der Waals surface area contributed by atoms with Crippen molar-refractivity contribution in [2.75, 3.05) is 7.11 Å². The summed E-state index contributed by atoms with van der Waals surface area (Å²) in [5.74, 6) is 0.275. The van der Waals surface area contributed by atoms with Crippen LogP contribution < -0.4 is 10.1 Å². The molecule has 1 aliphatic heterocycles. The highest BCUT2D eigenvalue weighted by molar-refractivity contribution is 6.19. The first kappa shape index (κ1) is 15.9. The number of nitrogens with one attached hydrogen (secondary N) is 1. The number of aryl methyl sites for hydroxylation is 1. The zero-order valence-corrected chi connectivity index (χ0v) is 13.5. The number of benzene rings is 2. The Morgan fingerprint density at radius 2 is 2.04 bits per heavy atom. The molecule has 2 aromatic rings. The first-order valence-electron chi connectivity index (χ1n) is 7.66. The Bertz CT molecular complexity index is 856. The summed E-state index contributed by atoms with van der Waals surface area (Å²) < 4.78 is 19.1. The first-order valence-corrected chi connectivity index (χ1v) is 7.66. The highest BCUT2D eigenvalue weighted by Crippen LogP contribution is 2.23. The summed E-state index contributed by atoms with van der Waals surface area (Å²) in [5, 5.41) is 2.61. The van der Waals surface area contributed by atoms with E-state index >= 15 is 0 Å². The average molecular weight is 324 g/mol. The summed E-state index contributed by atoms with van der Waals surface area (Å²) in [5.41, 5.74) is 2.42. The van der Waals surface area contributed by atoms with E-state index in [4.69, 9.17) is 4.74 Å². The second-order valence-electron chi connectivity index (χ2n) is 5.35. The van der Waals surface area contributed by atoms with Gasteiger partial charge in [-0.05, 0) is 47.9 Å². The number of carbonyl (C=O) groups excluding carboxylic acids is 1. The Morgan fingerprint density at radius 1 is 1.25 bits per heavy atom. The van der Waals surface area contributed by atoms with Crippen LogP contribution in [-0.4, -0.2) is 18.9 Å². The molecule has 0 saturated heterocycles. The molecule has 2 aromatic carbocycles. The molecule has 0 aliphatic carbocycles. The monoisotopic (exact) mass is 324 g/mol. The summed E-state index contributed by atoms with van der Waals surface area (Å²) in [6.07, 6.45) is 2.50. The highest BCUT2D eigenvalue weighted by Gasteiger charge is 2.22. The molecule has 0 saturated carbocycles. The summed E-state index contributed by atoms with van der Waals surface area (Å²) in [6.45, 7) is 2.03. The van der Waals surface area contributed by atoms with Crippen molar-refractivity contribution in [2.24, 2.45) is 4.99 Å². The third-order valence-corrected chi connectivity index (χ3v) is 3.81. The minimum atomic E-state index is -0.421. The highest BCUT2D eigenvalue weighted by atomic mass is 19.1. The molecule has 0 aromatic heterocycles. The average Bonchev–Trinajstić information content (AvgIpc) is 2.95. The van der Waals surface area contributed by atoms with E-state index in [2.05, 4.69) is 10.3 Å². The Kier molecular flexibility index (Phi) is 4.42. The number of hydrogen-bond donors (Lipinski definition) is 1. The van der Waals surface area contributed by atoms with E-state index in [1.54, 1.807) is 31.4 Å². The van der Waals surface area contributed by atoms with Gasteiger partial charge in [0.1, 0.15) is 23.1 Å². The largest absolute Gasteiger partial charge is 0.496 e. The molecule has 4 nitrogen and oxygen atoms in total. The molecule has 0 fully saturated rings. The lowest BCUT2D eigenvalue weighted by Gasteiger charge is -2.07. The minimum absolute atomic E-state index is 0.230. The maximum Gasteiger partial charge on any atom is 0.275 e. The van der Waals surface area contributed by atoms with Crippen molar-refractivity contribution in [3.63, 3.8) is 0 Å². The van der Waals surface area contributed by atoms with Gasteiger partial charge in [0.2, 0.25) is 0 Å². The molecule has 1 N–H and O–H groups in total. The SMILES string of the molecule is CCc1cc(/C=C2/N=C(c3ccccc3F)NC2=O)ccc1OC. The summed E-state index contributed by atoms with van der Waals surface area (Å²) in [7, 11) is 1.63. The zero-order chi connectivity index (χ0) is 17.1. The van der Waals surface area contributed by atoms with Crippen molar-refractivity contribution in [1.82, 2.24) is 5.32 Å². The zero-order valence-electron chi connectivity index (χ0n) is 13.5. The van der Waals surface area contributed by atoms with Gasteiger partial charge in [0, 0.05) is 0 Å². The molecule has 24 heavy (non-hydrogen) atoms. The van der Waals surface area contributed by atoms with Crippen LogP contribution in [0.2, 0.25) is 0 Å². The maximum atomic E-state index is 13.8. The molecular formula is C19H17FN2O2. The fourth-order valence-electron chi connectivity index (χ4n) is 2.57. The lowest BCUT2D eigenvalue weighted by Crippen LogP contribution is -2.25. The van der Waals surface area contributed by atoms with Crippen LogP contribution in [0.5, 0.6) is 5.75 Å². The quantitative estimate of drug-likeness (QED) is 0.877. The van der Waals surface area contributed by atoms with E-state index < -0.39 is 5.82 Å². The smallest absolute Gasteiger partial charge is 0.275 e. The number of hydrogen-bond acceptors (Lipinski definition) is 3. The van der Waals surface area contributed by atoms with Gasteiger partial charge >= 0.3 is 0 Å². The van der Waals surface area contributed by atoms with E-state index in [1.807, 2.05) is 25.1 Å². The van der Waals surface area contributed by atoms with Crippen LogP contribution in [0.15, 0.2) is 53.2 Å². The number of rotatable bonds is 4. The molecule has 0 spiro atoms. The van der Waals surface area contributed by atoms with Gasteiger partial charge in [0.05, 0.1) is 12.7 Å². The Hall–Kier alpha value is -2.95. The Labute approximate surface area is 139 Å². The number of aliphatic imine (C=N–C) groups is 1. The van der Waals surface area contributed by atoms with Gasteiger partial charge < -0.3 is 10.1 Å². The van der Waals surface area contributed by atoms with E-state index in [1.165, 1.54) is 6.07 Å². The van der Waals surface area contributed by atoms with Crippen LogP contribution in [0.1, 0.15) is 23.6 Å². The van der Waals surface area contributed by atoms with E-state index in [0.29, 0.717) is 0 Å². The van der Waals surface area contributed by atoms with Crippen LogP contribution in [-0.2, 0) is 11.2 Å². The molecule has 1 amide bonds. The van der Waals surface area contributed by atoms with E-state index in [0.717, 1.165) is 23.3 Å². The minimum Gasteiger partial charge on any atom is -0.496 e. The lowest BCUT2D eigenvalue weighted by molar-refractivity contribution is -0.115. The van der Waals surface area contributed by atoms with Crippen LogP contribution in [0.25, 0.3) is 6.08 Å². The predicted molar refractivity (Wildman–Crippen MR) is 91.4 cm³/mol. The molecule has 5 heteroatoms. The van der Waals surface area contributed by atoms with Crippen molar-refractivity contribution in [2.45, 2.75) is 13.3 Å². The molecule has 0 atom stereocenters. The van der Waals surface area contributed by atoms with Crippen LogP contribution in [0, 0.1) is 5.82 Å². The number of carbonyl (C=O) groups is 1. The van der Waals surface area contributed by atoms with Gasteiger partial charge in [-0.1, -0.05) is 25.1 Å². The van der Waals surface area contributed by atoms with Gasteiger partial charge in [-0.15, -0.1) is 0 Å². The molecule has 122 valence electrons. The lowest BCUT2D eigenvalue weighted by atomic mass is 10.1. The molecule has 0 bridgehead atoms. The van der Waals surface area contributed by atoms with Crippen molar-refractivity contribution in [1.29, 1.82) is 0 Å². The third kappa shape index (κ3) is 3.06. The van der Waals surface area contributed by atoms with Crippen LogP contribution in [0.4, 0.5) is 4.39 Å². The summed E-state index contributed by atoms with van der Waals surface area (Å²) in [6, 6.07) is 11.9. The second-order valence-corrected chi connectivity index (χ2v) is 5.35. The van der Waals surface area contributed by atoms with Gasteiger partial charge in [-0.25, -0.2) is 9.38 Å². The van der Waals surface area contributed by atoms with E-state index in [9.17, 15) is 9.18 Å². The van der Waals surface area contributed by atoms with Gasteiger partial charge in [-0.3, -0.25) is 4.79 Å². The van der Waals surface area contributed by atoms with Crippen molar-refractivity contribution in [3.8, 4) is 5.75 Å². The summed E-state index contributed by atoms with van der Waals surface area (Å²) in [4.78, 5) is 16.3. The molecule has 0 radical (unpaired) electrons. The van der Waals surface area contributed by atoms with Gasteiger partial charge in [-0.2, -0.15) is 0 Å². The first-order chi connectivity index (χ1) is 11.6. The van der Waals surface area contributed by atoms with Gasteiger partial charge in [0.15, 0.2) is 0 Å². The molecule has 1 heterocycles. The Balaban J connectivity index is 1.96. The molecule has 1 aliphatic rings. The van der Waals surface area contributed by atoms with Crippen molar-refractivity contribution >= 4 is 17.8 Å². The fraction of sp³-hybridized carbons (Fsp3) is 0.158. The molecule has 0 unspecified atom stereocenters. The summed E-state index contributed by atoms with van der Waals surface area (Å²) >= 11 is 0. The predicted octanol–water partition coefficient (Wildman–Crippen LogP) is 3.31. The second kappa shape index (κ2) is 6.66. The third-order valence-electron chi connectivity index (χ3n) is 3.81. The topological polar surface area (TPSA) is 50.7 Å². The number of nitrogens with zero attached hydrogens (tertiary/aromatic N) is 1. The van der Waals surface area contributed by atoms with Crippen LogP contribution in [0.3, 0.4) is 0 Å². The number of amides is 1. The number of amidine groups is 1. The van der Waals surface area contributed by atoms with E-state index in [-0.39, 0.29) is 23.0 Å². The standard InChI is InChI=1S/C19H17FN2O2/c1-3-13-10-12(8-9-17(13)24-2)11-16-19(23)22-18(21-16)14-6-4-5-7-15(14)20/h4-11H,3H2,1-2H3,(H,21,22,23)/b16-11+. The van der Waals surface area contributed by atoms with Crippen molar-refractivity contribution in [3.05, 3.63) is 70.7 Å².